The SMILES string of the molecule is COC(=O)C(C)NCc1cn[nH]c1-c1ccccc1. The standard InChI is InChI=1S/C14H17N3O2/c1-10(14(18)19-2)15-8-12-9-16-17-13(12)11-6-4-3-5-7-11/h3-7,9-10,15H,8H2,1-2H3,(H,16,17). The Morgan fingerprint density at radius 2 is 2.16 bits per heavy atom. The van der Waals surface area contributed by atoms with Gasteiger partial charge in [0.15, 0.2) is 0 Å². The van der Waals surface area contributed by atoms with Crippen molar-refractivity contribution in [1.29, 1.82) is 0 Å². The molecule has 0 aliphatic heterocycles. The average Bonchev–Trinajstić information content (AvgIpc) is 2.93. The van der Waals surface area contributed by atoms with Crippen LogP contribution in [0.2, 0.25) is 0 Å². The van der Waals surface area contributed by atoms with E-state index in [1.807, 2.05) is 30.3 Å². The summed E-state index contributed by atoms with van der Waals surface area (Å²) in [5.41, 5.74) is 3.05. The first kappa shape index (κ1) is 13.3. The zero-order valence-corrected chi connectivity index (χ0v) is 11.0. The minimum absolute atomic E-state index is 0.273. The lowest BCUT2D eigenvalue weighted by Gasteiger charge is -2.11. The molecule has 0 aliphatic carbocycles. The fraction of sp³-hybridized carbons (Fsp3) is 0.286. The minimum Gasteiger partial charge on any atom is -0.468 e. The Morgan fingerprint density at radius 3 is 2.84 bits per heavy atom. The molecule has 5 nitrogen and oxygen atoms in total. The van der Waals surface area contributed by atoms with Crippen LogP contribution in [0.5, 0.6) is 0 Å². The highest BCUT2D eigenvalue weighted by molar-refractivity contribution is 5.75. The van der Waals surface area contributed by atoms with Crippen LogP contribution in [0.4, 0.5) is 0 Å². The highest BCUT2D eigenvalue weighted by Gasteiger charge is 2.14. The third-order valence-electron chi connectivity index (χ3n) is 2.93. The molecule has 2 N–H and O–H groups in total. The van der Waals surface area contributed by atoms with Gasteiger partial charge in [0, 0.05) is 12.1 Å². The second-order valence-corrected chi connectivity index (χ2v) is 4.26. The largest absolute Gasteiger partial charge is 0.468 e. The topological polar surface area (TPSA) is 67.0 Å². The number of aromatic nitrogens is 2. The van der Waals surface area contributed by atoms with Gasteiger partial charge in [0.05, 0.1) is 19.0 Å². The summed E-state index contributed by atoms with van der Waals surface area (Å²) >= 11 is 0. The quantitative estimate of drug-likeness (QED) is 0.802. The number of hydrogen-bond acceptors (Lipinski definition) is 4. The zero-order valence-electron chi connectivity index (χ0n) is 11.0. The normalized spacial score (nSPS) is 12.1. The Kier molecular flexibility index (Phi) is 4.30. The van der Waals surface area contributed by atoms with Gasteiger partial charge in [-0.25, -0.2) is 0 Å². The van der Waals surface area contributed by atoms with Gasteiger partial charge in [-0.3, -0.25) is 9.89 Å². The van der Waals surface area contributed by atoms with Gasteiger partial charge < -0.3 is 10.1 Å². The number of methoxy groups -OCH3 is 1. The number of nitrogens with zero attached hydrogens (tertiary/aromatic N) is 1. The molecule has 1 heterocycles. The van der Waals surface area contributed by atoms with Crippen LogP contribution in [0.25, 0.3) is 11.3 Å². The first-order chi connectivity index (χ1) is 9.22. The summed E-state index contributed by atoms with van der Waals surface area (Å²) in [5, 5.41) is 10.2. The number of rotatable bonds is 5. The van der Waals surface area contributed by atoms with Gasteiger partial charge in [-0.1, -0.05) is 30.3 Å². The molecule has 100 valence electrons. The molecule has 0 saturated heterocycles. The summed E-state index contributed by atoms with van der Waals surface area (Å²) in [5.74, 6) is -0.273. The molecular formula is C14H17N3O2. The van der Waals surface area contributed by atoms with E-state index in [4.69, 9.17) is 0 Å². The average molecular weight is 259 g/mol. The van der Waals surface area contributed by atoms with E-state index in [0.717, 1.165) is 16.8 Å². The van der Waals surface area contributed by atoms with E-state index in [2.05, 4.69) is 20.3 Å². The Bertz CT molecular complexity index is 537. The molecule has 0 spiro atoms. The number of carbonyl (C=O) groups is 1. The molecule has 0 amide bonds. The maximum Gasteiger partial charge on any atom is 0.322 e. The number of benzene rings is 1. The van der Waals surface area contributed by atoms with Crippen molar-refractivity contribution >= 4 is 5.97 Å². The van der Waals surface area contributed by atoms with Crippen molar-refractivity contribution < 1.29 is 9.53 Å². The van der Waals surface area contributed by atoms with Crippen LogP contribution in [0.1, 0.15) is 12.5 Å². The molecular weight excluding hydrogens is 242 g/mol. The van der Waals surface area contributed by atoms with Gasteiger partial charge in [0.25, 0.3) is 0 Å². The molecule has 0 bridgehead atoms. The monoisotopic (exact) mass is 259 g/mol. The first-order valence-corrected chi connectivity index (χ1v) is 6.11. The second kappa shape index (κ2) is 6.15. The van der Waals surface area contributed by atoms with Crippen molar-refractivity contribution in [2.24, 2.45) is 0 Å². The number of nitrogens with one attached hydrogen (secondary N) is 2. The Balaban J connectivity index is 2.07. The summed E-state index contributed by atoms with van der Waals surface area (Å²) in [6, 6.07) is 9.61. The zero-order chi connectivity index (χ0) is 13.7. The van der Waals surface area contributed by atoms with Crippen molar-refractivity contribution in [1.82, 2.24) is 15.5 Å². The molecule has 1 aromatic heterocycles. The molecule has 0 fully saturated rings. The van der Waals surface area contributed by atoms with Gasteiger partial charge in [0.2, 0.25) is 0 Å². The maximum atomic E-state index is 11.3. The van der Waals surface area contributed by atoms with Gasteiger partial charge >= 0.3 is 5.97 Å². The van der Waals surface area contributed by atoms with E-state index in [-0.39, 0.29) is 12.0 Å². The predicted molar refractivity (Wildman–Crippen MR) is 72.3 cm³/mol. The lowest BCUT2D eigenvalue weighted by atomic mass is 10.1. The highest BCUT2D eigenvalue weighted by atomic mass is 16.5. The second-order valence-electron chi connectivity index (χ2n) is 4.26. The van der Waals surface area contributed by atoms with Crippen LogP contribution < -0.4 is 5.32 Å². The fourth-order valence-corrected chi connectivity index (χ4v) is 1.82. The number of ether oxygens (including phenoxy) is 1. The summed E-state index contributed by atoms with van der Waals surface area (Å²) in [7, 11) is 1.38. The van der Waals surface area contributed by atoms with E-state index in [0.29, 0.717) is 6.54 Å². The van der Waals surface area contributed by atoms with E-state index in [1.54, 1.807) is 13.1 Å². The Hall–Kier alpha value is -2.14. The van der Waals surface area contributed by atoms with Crippen LogP contribution >= 0.6 is 0 Å². The number of carbonyl (C=O) groups excluding carboxylic acids is 1. The lowest BCUT2D eigenvalue weighted by Crippen LogP contribution is -2.34. The molecule has 2 aromatic rings. The van der Waals surface area contributed by atoms with Gasteiger partial charge in [0.1, 0.15) is 6.04 Å². The lowest BCUT2D eigenvalue weighted by molar-refractivity contribution is -0.142. The van der Waals surface area contributed by atoms with Crippen molar-refractivity contribution in [2.45, 2.75) is 19.5 Å². The van der Waals surface area contributed by atoms with Crippen molar-refractivity contribution in [3.8, 4) is 11.3 Å². The van der Waals surface area contributed by atoms with Crippen LogP contribution in [0.15, 0.2) is 36.5 Å². The van der Waals surface area contributed by atoms with Crippen molar-refractivity contribution in [3.63, 3.8) is 0 Å². The third kappa shape index (κ3) is 3.20. The molecule has 1 atom stereocenters. The summed E-state index contributed by atoms with van der Waals surface area (Å²) < 4.78 is 4.67. The minimum atomic E-state index is -0.344. The van der Waals surface area contributed by atoms with E-state index in [9.17, 15) is 4.79 Å². The molecule has 1 unspecified atom stereocenters. The van der Waals surface area contributed by atoms with Crippen molar-refractivity contribution in [2.75, 3.05) is 7.11 Å². The molecule has 19 heavy (non-hydrogen) atoms. The molecule has 0 radical (unpaired) electrons. The number of H-pyrrole nitrogens is 1. The molecule has 0 aliphatic rings. The third-order valence-corrected chi connectivity index (χ3v) is 2.93. The molecule has 1 aromatic carbocycles. The maximum absolute atomic E-state index is 11.3. The number of aromatic amines is 1. The van der Waals surface area contributed by atoms with Crippen LogP contribution in [-0.4, -0.2) is 29.3 Å². The first-order valence-electron chi connectivity index (χ1n) is 6.11. The Labute approximate surface area is 112 Å². The van der Waals surface area contributed by atoms with Crippen molar-refractivity contribution in [3.05, 3.63) is 42.1 Å². The molecule has 2 rings (SSSR count). The van der Waals surface area contributed by atoms with E-state index < -0.39 is 0 Å². The predicted octanol–water partition coefficient (Wildman–Crippen LogP) is 1.73. The summed E-state index contributed by atoms with van der Waals surface area (Å²) in [6.07, 6.45) is 1.76. The summed E-state index contributed by atoms with van der Waals surface area (Å²) in [6.45, 7) is 2.32. The molecule has 5 heteroatoms. The van der Waals surface area contributed by atoms with Gasteiger partial charge in [-0.15, -0.1) is 0 Å². The Morgan fingerprint density at radius 1 is 1.42 bits per heavy atom. The fourth-order valence-electron chi connectivity index (χ4n) is 1.82. The van der Waals surface area contributed by atoms with Gasteiger partial charge in [-0.05, 0) is 12.5 Å². The van der Waals surface area contributed by atoms with Crippen LogP contribution in [-0.2, 0) is 16.1 Å². The van der Waals surface area contributed by atoms with Crippen LogP contribution in [0, 0.1) is 0 Å². The summed E-state index contributed by atoms with van der Waals surface area (Å²) in [4.78, 5) is 11.3. The van der Waals surface area contributed by atoms with E-state index >= 15 is 0 Å². The highest BCUT2D eigenvalue weighted by Crippen LogP contribution is 2.20. The smallest absolute Gasteiger partial charge is 0.322 e. The van der Waals surface area contributed by atoms with E-state index in [1.165, 1.54) is 7.11 Å². The van der Waals surface area contributed by atoms with Crippen LogP contribution in [0.3, 0.4) is 0 Å². The molecule has 0 saturated carbocycles. The number of hydrogen-bond donors (Lipinski definition) is 2. The number of esters is 1. The van der Waals surface area contributed by atoms with Gasteiger partial charge in [-0.2, -0.15) is 5.10 Å².